The van der Waals surface area contributed by atoms with Gasteiger partial charge in [0.05, 0.1) is 22.2 Å². The summed E-state index contributed by atoms with van der Waals surface area (Å²) in [5.41, 5.74) is 0.314. The van der Waals surface area contributed by atoms with Gasteiger partial charge in [0.25, 0.3) is 10.0 Å². The van der Waals surface area contributed by atoms with Gasteiger partial charge in [0.1, 0.15) is 12.4 Å². The minimum atomic E-state index is -3.93. The Morgan fingerprint density at radius 2 is 2.21 bits per heavy atom. The summed E-state index contributed by atoms with van der Waals surface area (Å²) in [5, 5.41) is 2.71. The smallest absolute Gasteiger partial charge is 0.263 e. The molecule has 10 nitrogen and oxygen atoms in total. The normalized spacial score (nSPS) is 14.7. The molecule has 0 spiro atoms. The maximum Gasteiger partial charge on any atom is 0.263 e. The number of carbonyl (C=O) groups excluding carboxylic acids is 2. The van der Waals surface area contributed by atoms with Crippen LogP contribution >= 0.6 is 23.1 Å². The number of sulfonamides is 1. The molecule has 1 aliphatic heterocycles. The molecule has 0 bridgehead atoms. The third kappa shape index (κ3) is 5.63. The fraction of sp³-hybridized carbons (Fsp3) is 0.375. The van der Waals surface area contributed by atoms with Gasteiger partial charge >= 0.3 is 0 Å². The number of nitrogens with one attached hydrogen (secondary N) is 2. The van der Waals surface area contributed by atoms with Crippen LogP contribution in [0.5, 0.6) is 0 Å². The lowest BCUT2D eigenvalue weighted by atomic mass is 10.3. The molecule has 3 rings (SSSR count). The summed E-state index contributed by atoms with van der Waals surface area (Å²) in [5.74, 6) is 0.0267. The average molecular weight is 460 g/mol. The lowest BCUT2D eigenvalue weighted by molar-refractivity contribution is -0.142. The van der Waals surface area contributed by atoms with Gasteiger partial charge in [-0.25, -0.2) is 13.4 Å². The quantitative estimate of drug-likeness (QED) is 0.638. The van der Waals surface area contributed by atoms with Crippen LogP contribution in [0.2, 0.25) is 5.02 Å². The predicted octanol–water partition coefficient (Wildman–Crippen LogP) is 1.35. The number of hydrogen-bond acceptors (Lipinski definition) is 8. The first-order chi connectivity index (χ1) is 13.7. The van der Waals surface area contributed by atoms with Crippen molar-refractivity contribution in [2.75, 3.05) is 36.3 Å². The summed E-state index contributed by atoms with van der Waals surface area (Å²) in [7, 11) is -3.93. The second-order valence-electron chi connectivity index (χ2n) is 6.13. The molecule has 0 radical (unpaired) electrons. The molecule has 2 aromatic rings. The molecule has 29 heavy (non-hydrogen) atoms. The molecule has 1 aromatic heterocycles. The fourth-order valence-corrected chi connectivity index (χ4v) is 4.70. The lowest BCUT2D eigenvalue weighted by Crippen LogP contribution is -2.42. The Balaban J connectivity index is 1.64. The Hall–Kier alpha value is -2.28. The van der Waals surface area contributed by atoms with Crippen LogP contribution in [0.3, 0.4) is 0 Å². The molecule has 1 fully saturated rings. The van der Waals surface area contributed by atoms with Crippen LogP contribution in [-0.2, 0) is 30.8 Å². The van der Waals surface area contributed by atoms with Crippen LogP contribution in [0, 0.1) is 0 Å². The number of carbonyl (C=O) groups is 2. The van der Waals surface area contributed by atoms with Crippen molar-refractivity contribution in [1.29, 1.82) is 0 Å². The molecule has 1 saturated heterocycles. The Morgan fingerprint density at radius 3 is 2.90 bits per heavy atom. The van der Waals surface area contributed by atoms with Gasteiger partial charge in [-0.1, -0.05) is 11.6 Å². The first-order valence-corrected chi connectivity index (χ1v) is 11.2. The molecule has 2 heterocycles. The fourth-order valence-electron chi connectivity index (χ4n) is 2.55. The van der Waals surface area contributed by atoms with Crippen molar-refractivity contribution in [2.45, 2.75) is 18.2 Å². The van der Waals surface area contributed by atoms with Crippen LogP contribution in [0.1, 0.15) is 12.7 Å². The van der Waals surface area contributed by atoms with Gasteiger partial charge in [0.15, 0.2) is 0 Å². The highest BCUT2D eigenvalue weighted by atomic mass is 35.5. The zero-order chi connectivity index (χ0) is 21.0. The zero-order valence-corrected chi connectivity index (χ0v) is 17.7. The number of amides is 2. The molecule has 156 valence electrons. The number of hydrogen-bond donors (Lipinski definition) is 2. The van der Waals surface area contributed by atoms with Gasteiger partial charge in [0.2, 0.25) is 16.9 Å². The highest BCUT2D eigenvalue weighted by molar-refractivity contribution is 7.93. The van der Waals surface area contributed by atoms with E-state index in [1.54, 1.807) is 4.90 Å². The molecule has 0 aliphatic carbocycles. The summed E-state index contributed by atoms with van der Waals surface area (Å²) in [6, 6.07) is 3.97. The van der Waals surface area contributed by atoms with Crippen LogP contribution in [0.4, 0.5) is 10.8 Å². The standard InChI is InChI=1S/C16H18ClN5O5S2/c1-10(23)18-13-3-2-11(8-12(13)17)29(25,26)21-16-19-14(20-28-16)4-5-22-6-7-27-9-15(22)24/h2-3,8H,4-7,9H2,1H3,(H,18,23)(H,19,20,21). The highest BCUT2D eigenvalue weighted by Gasteiger charge is 2.21. The van der Waals surface area contributed by atoms with Gasteiger partial charge in [-0.3, -0.25) is 14.3 Å². The molecule has 2 N–H and O–H groups in total. The second kappa shape index (κ2) is 9.03. The van der Waals surface area contributed by atoms with E-state index in [0.717, 1.165) is 11.5 Å². The monoisotopic (exact) mass is 459 g/mol. The second-order valence-corrected chi connectivity index (χ2v) is 8.97. The SMILES string of the molecule is CC(=O)Nc1ccc(S(=O)(=O)Nc2nc(CCN3CCOCC3=O)ns2)cc1Cl. The molecule has 0 atom stereocenters. The lowest BCUT2D eigenvalue weighted by Gasteiger charge is -2.26. The Morgan fingerprint density at radius 1 is 1.41 bits per heavy atom. The zero-order valence-electron chi connectivity index (χ0n) is 15.3. The van der Waals surface area contributed by atoms with E-state index >= 15 is 0 Å². The summed E-state index contributed by atoms with van der Waals surface area (Å²) >= 11 is 6.94. The molecular formula is C16H18ClN5O5S2. The molecule has 1 aromatic carbocycles. The van der Waals surface area contributed by atoms with Crippen molar-refractivity contribution in [3.05, 3.63) is 29.0 Å². The number of morpholine rings is 1. The van der Waals surface area contributed by atoms with E-state index in [0.29, 0.717) is 37.6 Å². The molecular weight excluding hydrogens is 442 g/mol. The largest absolute Gasteiger partial charge is 0.370 e. The third-order valence-corrected chi connectivity index (χ3v) is 6.39. The van der Waals surface area contributed by atoms with Crippen molar-refractivity contribution in [3.8, 4) is 0 Å². The number of benzene rings is 1. The first kappa shape index (κ1) is 21.4. The number of anilines is 2. The Kier molecular flexibility index (Phi) is 6.67. The highest BCUT2D eigenvalue weighted by Crippen LogP contribution is 2.26. The van der Waals surface area contributed by atoms with Gasteiger partial charge in [-0.2, -0.15) is 4.37 Å². The first-order valence-electron chi connectivity index (χ1n) is 8.52. The maximum absolute atomic E-state index is 12.6. The van der Waals surface area contributed by atoms with Gasteiger partial charge in [0, 0.05) is 38.0 Å². The van der Waals surface area contributed by atoms with Gasteiger partial charge < -0.3 is 15.0 Å². The van der Waals surface area contributed by atoms with Crippen molar-refractivity contribution < 1.29 is 22.7 Å². The van der Waals surface area contributed by atoms with E-state index in [4.69, 9.17) is 16.3 Å². The number of rotatable bonds is 7. The van der Waals surface area contributed by atoms with Crippen molar-refractivity contribution in [3.63, 3.8) is 0 Å². The molecule has 0 unspecified atom stereocenters. The summed E-state index contributed by atoms with van der Waals surface area (Å²) in [4.78, 5) is 28.6. The molecule has 0 saturated carbocycles. The van der Waals surface area contributed by atoms with Gasteiger partial charge in [-0.15, -0.1) is 0 Å². The van der Waals surface area contributed by atoms with Crippen molar-refractivity contribution in [1.82, 2.24) is 14.3 Å². The van der Waals surface area contributed by atoms with E-state index in [-0.39, 0.29) is 33.5 Å². The van der Waals surface area contributed by atoms with Crippen molar-refractivity contribution in [2.24, 2.45) is 0 Å². The minimum absolute atomic E-state index is 0.0683. The number of ether oxygens (including phenoxy) is 1. The summed E-state index contributed by atoms with van der Waals surface area (Å²) in [6.45, 7) is 2.83. The summed E-state index contributed by atoms with van der Waals surface area (Å²) < 4.78 is 36.7. The van der Waals surface area contributed by atoms with Crippen LogP contribution in [0.25, 0.3) is 0 Å². The van der Waals surface area contributed by atoms with E-state index in [1.807, 2.05) is 0 Å². The molecule has 2 amide bonds. The topological polar surface area (TPSA) is 131 Å². The average Bonchev–Trinajstić information content (AvgIpc) is 3.09. The molecule has 13 heteroatoms. The number of nitrogens with zero attached hydrogens (tertiary/aromatic N) is 3. The summed E-state index contributed by atoms with van der Waals surface area (Å²) in [6.07, 6.45) is 0.404. The van der Waals surface area contributed by atoms with Crippen LogP contribution in [-0.4, -0.2) is 60.8 Å². The molecule has 1 aliphatic rings. The number of halogens is 1. The third-order valence-electron chi connectivity index (χ3n) is 3.94. The van der Waals surface area contributed by atoms with E-state index in [9.17, 15) is 18.0 Å². The van der Waals surface area contributed by atoms with E-state index in [1.165, 1.54) is 25.1 Å². The van der Waals surface area contributed by atoms with Crippen molar-refractivity contribution >= 4 is 55.8 Å². The van der Waals surface area contributed by atoms with Crippen LogP contribution in [0.15, 0.2) is 23.1 Å². The minimum Gasteiger partial charge on any atom is -0.370 e. The number of aromatic nitrogens is 2. The van der Waals surface area contributed by atoms with E-state index in [2.05, 4.69) is 19.4 Å². The van der Waals surface area contributed by atoms with E-state index < -0.39 is 10.0 Å². The predicted molar refractivity (Wildman–Crippen MR) is 108 cm³/mol. The van der Waals surface area contributed by atoms with Crippen LogP contribution < -0.4 is 10.0 Å². The Labute approximate surface area is 176 Å². The maximum atomic E-state index is 12.6. The van der Waals surface area contributed by atoms with Gasteiger partial charge in [-0.05, 0) is 18.2 Å². The Bertz CT molecular complexity index is 1030.